The van der Waals surface area contributed by atoms with E-state index < -0.39 is 0 Å². The van der Waals surface area contributed by atoms with Crippen LogP contribution in [0.4, 0.5) is 5.69 Å². The van der Waals surface area contributed by atoms with Gasteiger partial charge in [0.25, 0.3) is 5.91 Å². The van der Waals surface area contributed by atoms with Crippen molar-refractivity contribution < 1.29 is 9.53 Å². The Balaban J connectivity index is 1.42. The van der Waals surface area contributed by atoms with Crippen molar-refractivity contribution in [2.45, 2.75) is 26.3 Å². The van der Waals surface area contributed by atoms with Crippen LogP contribution in [0.15, 0.2) is 54.7 Å². The minimum Gasteiger partial charge on any atom is -0.484 e. The number of amides is 1. The first-order valence-electron chi connectivity index (χ1n) is 8.83. The Labute approximate surface area is 152 Å². The van der Waals surface area contributed by atoms with Gasteiger partial charge in [0.15, 0.2) is 6.61 Å². The van der Waals surface area contributed by atoms with Gasteiger partial charge in [-0.25, -0.2) is 4.98 Å². The third kappa shape index (κ3) is 3.47. The number of carbonyl (C=O) groups is 1. The molecule has 1 aliphatic heterocycles. The molecule has 2 heterocycles. The molecule has 0 bridgehead atoms. The summed E-state index contributed by atoms with van der Waals surface area (Å²) in [5.74, 6) is 1.65. The minimum atomic E-state index is -0.179. The maximum absolute atomic E-state index is 12.2. The molecule has 26 heavy (non-hydrogen) atoms. The fourth-order valence-electron chi connectivity index (χ4n) is 3.23. The molecule has 0 atom stereocenters. The largest absolute Gasteiger partial charge is 0.484 e. The van der Waals surface area contributed by atoms with Crippen LogP contribution in [0.3, 0.4) is 0 Å². The standard InChI is InChI=1S/C21H21N3O2/c1-15-7-9-18(10-8-15)26-14-21(25)23-17-5-2-4-16(12-17)19-13-22-20-6-3-11-24(19)20/h2,4-5,7-10,12-13H,3,6,11,14H2,1H3,(H,23,25). The van der Waals surface area contributed by atoms with E-state index in [1.807, 2.05) is 61.7 Å². The zero-order valence-electron chi connectivity index (χ0n) is 14.7. The van der Waals surface area contributed by atoms with Gasteiger partial charge in [-0.15, -0.1) is 0 Å². The number of nitrogens with one attached hydrogen (secondary N) is 1. The molecule has 0 saturated heterocycles. The van der Waals surface area contributed by atoms with Crippen molar-refractivity contribution in [3.8, 4) is 17.0 Å². The number of rotatable bonds is 5. The zero-order valence-corrected chi connectivity index (χ0v) is 14.7. The Morgan fingerprint density at radius 2 is 2.08 bits per heavy atom. The summed E-state index contributed by atoms with van der Waals surface area (Å²) in [6.45, 7) is 3.00. The molecule has 2 aromatic carbocycles. The van der Waals surface area contributed by atoms with Crippen LogP contribution >= 0.6 is 0 Å². The normalized spacial score (nSPS) is 12.7. The van der Waals surface area contributed by atoms with Crippen molar-refractivity contribution in [1.82, 2.24) is 9.55 Å². The smallest absolute Gasteiger partial charge is 0.262 e. The number of carbonyl (C=O) groups excluding carboxylic acids is 1. The number of hydrogen-bond acceptors (Lipinski definition) is 3. The van der Waals surface area contributed by atoms with Crippen LogP contribution in [-0.4, -0.2) is 22.1 Å². The van der Waals surface area contributed by atoms with E-state index in [0.29, 0.717) is 5.75 Å². The Kier molecular flexibility index (Phi) is 4.44. The third-order valence-electron chi connectivity index (χ3n) is 4.55. The maximum atomic E-state index is 12.2. The van der Waals surface area contributed by atoms with Crippen LogP contribution in [0.2, 0.25) is 0 Å². The third-order valence-corrected chi connectivity index (χ3v) is 4.55. The molecule has 132 valence electrons. The number of nitrogens with zero attached hydrogens (tertiary/aromatic N) is 2. The van der Waals surface area contributed by atoms with Crippen LogP contribution < -0.4 is 10.1 Å². The molecule has 1 aromatic heterocycles. The summed E-state index contributed by atoms with van der Waals surface area (Å²) < 4.78 is 7.78. The molecule has 5 heteroatoms. The maximum Gasteiger partial charge on any atom is 0.262 e. The lowest BCUT2D eigenvalue weighted by molar-refractivity contribution is -0.118. The van der Waals surface area contributed by atoms with E-state index in [4.69, 9.17) is 4.74 Å². The SMILES string of the molecule is Cc1ccc(OCC(=O)Nc2cccc(-c3cnc4n3CCC4)c2)cc1. The molecule has 0 spiro atoms. The number of imidazole rings is 1. The number of aromatic nitrogens is 2. The van der Waals surface area contributed by atoms with E-state index in [-0.39, 0.29) is 12.5 Å². The van der Waals surface area contributed by atoms with Crippen LogP contribution in [-0.2, 0) is 17.8 Å². The lowest BCUT2D eigenvalue weighted by Crippen LogP contribution is -2.20. The highest BCUT2D eigenvalue weighted by Crippen LogP contribution is 2.27. The molecule has 0 unspecified atom stereocenters. The Morgan fingerprint density at radius 3 is 2.92 bits per heavy atom. The Hall–Kier alpha value is -3.08. The highest BCUT2D eigenvalue weighted by Gasteiger charge is 2.16. The molecule has 0 radical (unpaired) electrons. The summed E-state index contributed by atoms with van der Waals surface area (Å²) in [6, 6.07) is 15.5. The van der Waals surface area contributed by atoms with Gasteiger partial charge in [-0.2, -0.15) is 0 Å². The van der Waals surface area contributed by atoms with Crippen molar-refractivity contribution in [2.24, 2.45) is 0 Å². The average molecular weight is 347 g/mol. The fraction of sp³-hybridized carbons (Fsp3) is 0.238. The van der Waals surface area contributed by atoms with Gasteiger partial charge in [-0.1, -0.05) is 29.8 Å². The van der Waals surface area contributed by atoms with Crippen LogP contribution in [0.1, 0.15) is 17.8 Å². The van der Waals surface area contributed by atoms with Crippen molar-refractivity contribution in [3.05, 3.63) is 66.1 Å². The average Bonchev–Trinajstić information content (AvgIpc) is 3.25. The summed E-state index contributed by atoms with van der Waals surface area (Å²) >= 11 is 0. The molecule has 3 aromatic rings. The van der Waals surface area contributed by atoms with E-state index in [9.17, 15) is 4.79 Å². The van der Waals surface area contributed by atoms with Crippen LogP contribution in [0.5, 0.6) is 5.75 Å². The molecule has 5 nitrogen and oxygen atoms in total. The van der Waals surface area contributed by atoms with Crippen molar-refractivity contribution in [1.29, 1.82) is 0 Å². The van der Waals surface area contributed by atoms with Gasteiger partial charge in [0, 0.05) is 24.2 Å². The van der Waals surface area contributed by atoms with E-state index in [2.05, 4.69) is 14.9 Å². The van der Waals surface area contributed by atoms with Gasteiger partial charge in [0.05, 0.1) is 11.9 Å². The van der Waals surface area contributed by atoms with Gasteiger partial charge in [-0.3, -0.25) is 4.79 Å². The van der Waals surface area contributed by atoms with Gasteiger partial charge in [-0.05, 0) is 37.6 Å². The predicted molar refractivity (Wildman–Crippen MR) is 101 cm³/mol. The molecule has 1 N–H and O–H groups in total. The molecule has 1 aliphatic rings. The monoisotopic (exact) mass is 347 g/mol. The fourth-order valence-corrected chi connectivity index (χ4v) is 3.23. The van der Waals surface area contributed by atoms with Gasteiger partial charge >= 0.3 is 0 Å². The van der Waals surface area contributed by atoms with Crippen molar-refractivity contribution >= 4 is 11.6 Å². The number of benzene rings is 2. The highest BCUT2D eigenvalue weighted by atomic mass is 16.5. The Bertz CT molecular complexity index is 929. The lowest BCUT2D eigenvalue weighted by Gasteiger charge is -2.10. The van der Waals surface area contributed by atoms with Gasteiger partial charge in [0.1, 0.15) is 11.6 Å². The van der Waals surface area contributed by atoms with E-state index in [1.165, 1.54) is 0 Å². The second-order valence-corrected chi connectivity index (χ2v) is 6.55. The quantitative estimate of drug-likeness (QED) is 0.763. The second kappa shape index (κ2) is 7.04. The molecule has 0 saturated carbocycles. The van der Waals surface area contributed by atoms with Crippen LogP contribution in [0, 0.1) is 6.92 Å². The second-order valence-electron chi connectivity index (χ2n) is 6.55. The summed E-state index contributed by atoms with van der Waals surface area (Å²) in [5, 5.41) is 2.90. The van der Waals surface area contributed by atoms with Gasteiger partial charge in [0.2, 0.25) is 0 Å². The predicted octanol–water partition coefficient (Wildman–Crippen LogP) is 3.82. The Morgan fingerprint density at radius 1 is 1.23 bits per heavy atom. The topological polar surface area (TPSA) is 56.1 Å². The van der Waals surface area contributed by atoms with Crippen molar-refractivity contribution in [3.63, 3.8) is 0 Å². The molecular weight excluding hydrogens is 326 g/mol. The number of anilines is 1. The summed E-state index contributed by atoms with van der Waals surface area (Å²) in [4.78, 5) is 16.7. The van der Waals surface area contributed by atoms with E-state index in [0.717, 1.165) is 47.7 Å². The first kappa shape index (κ1) is 16.4. The summed E-state index contributed by atoms with van der Waals surface area (Å²) in [5.41, 5.74) is 4.07. The first-order valence-corrected chi connectivity index (χ1v) is 8.83. The minimum absolute atomic E-state index is 0.0185. The molecule has 0 fully saturated rings. The summed E-state index contributed by atoms with van der Waals surface area (Å²) in [7, 11) is 0. The number of ether oxygens (including phenoxy) is 1. The highest BCUT2D eigenvalue weighted by molar-refractivity contribution is 5.92. The van der Waals surface area contributed by atoms with E-state index >= 15 is 0 Å². The zero-order chi connectivity index (χ0) is 17.9. The lowest BCUT2D eigenvalue weighted by atomic mass is 10.1. The van der Waals surface area contributed by atoms with Crippen molar-refractivity contribution in [2.75, 3.05) is 11.9 Å². The van der Waals surface area contributed by atoms with Gasteiger partial charge < -0.3 is 14.6 Å². The first-order chi connectivity index (χ1) is 12.7. The molecular formula is C21H21N3O2. The molecule has 4 rings (SSSR count). The number of fused-ring (bicyclic) bond motifs is 1. The van der Waals surface area contributed by atoms with E-state index in [1.54, 1.807) is 0 Å². The van der Waals surface area contributed by atoms with Crippen LogP contribution in [0.25, 0.3) is 11.3 Å². The molecule has 0 aliphatic carbocycles. The number of hydrogen-bond donors (Lipinski definition) is 1. The number of aryl methyl sites for hydroxylation is 2. The molecule has 1 amide bonds. The summed E-state index contributed by atoms with van der Waals surface area (Å²) in [6.07, 6.45) is 4.09.